The van der Waals surface area contributed by atoms with Crippen LogP contribution in [0.2, 0.25) is 0 Å². The van der Waals surface area contributed by atoms with Gasteiger partial charge < -0.3 is 40.3 Å². The van der Waals surface area contributed by atoms with Crippen LogP contribution in [0.25, 0.3) is 0 Å². The van der Waals surface area contributed by atoms with E-state index in [4.69, 9.17) is 9.47 Å². The molecule has 9 nitrogen and oxygen atoms in total. The molecule has 0 saturated carbocycles. The molecule has 0 aromatic rings. The van der Waals surface area contributed by atoms with Crippen LogP contribution < -0.4 is 5.32 Å². The molecule has 52 heavy (non-hydrogen) atoms. The molecule has 6 N–H and O–H groups in total. The van der Waals surface area contributed by atoms with E-state index in [0.717, 1.165) is 64.2 Å². The van der Waals surface area contributed by atoms with Gasteiger partial charge in [0.2, 0.25) is 5.91 Å². The number of carbonyl (C=O) groups is 1. The molecule has 1 aliphatic heterocycles. The maximum absolute atomic E-state index is 12.9. The Hall–Kier alpha value is -1.59. The molecule has 9 heteroatoms. The third-order valence-electron chi connectivity index (χ3n) is 9.96. The lowest BCUT2D eigenvalue weighted by molar-refractivity contribution is -0.302. The van der Waals surface area contributed by atoms with Crippen molar-refractivity contribution in [1.82, 2.24) is 5.32 Å². The lowest BCUT2D eigenvalue weighted by Gasteiger charge is -2.40. The SMILES string of the molecule is CCCCC/C=C/C/C=C/CCCCCCCC(=O)N[C@@H](CO[C@H]1O[C@@H](CO)[C@H](O)C(O)C1O)[C@H](O)/C=C/CCCCCCCCCCCCCC. The highest BCUT2D eigenvalue weighted by molar-refractivity contribution is 5.76. The second-order valence-corrected chi connectivity index (χ2v) is 14.8. The Labute approximate surface area is 317 Å². The number of carbonyl (C=O) groups excluding carboxylic acids is 1. The van der Waals surface area contributed by atoms with E-state index in [0.29, 0.717) is 6.42 Å². The van der Waals surface area contributed by atoms with Gasteiger partial charge in [0.05, 0.1) is 25.4 Å². The summed E-state index contributed by atoms with van der Waals surface area (Å²) in [6, 6.07) is -0.809. The highest BCUT2D eigenvalue weighted by Gasteiger charge is 2.44. The maximum atomic E-state index is 12.9. The predicted molar refractivity (Wildman–Crippen MR) is 212 cm³/mol. The molecular formula is C43H79NO8. The molecule has 1 aliphatic rings. The number of ether oxygens (including phenoxy) is 2. The molecule has 7 atom stereocenters. The molecule has 0 aromatic carbocycles. The van der Waals surface area contributed by atoms with E-state index in [2.05, 4.69) is 43.5 Å². The predicted octanol–water partition coefficient (Wildman–Crippen LogP) is 8.11. The van der Waals surface area contributed by atoms with Gasteiger partial charge >= 0.3 is 0 Å². The van der Waals surface area contributed by atoms with Gasteiger partial charge in [-0.2, -0.15) is 0 Å². The van der Waals surface area contributed by atoms with E-state index < -0.39 is 49.5 Å². The van der Waals surface area contributed by atoms with E-state index in [1.807, 2.05) is 6.08 Å². The summed E-state index contributed by atoms with van der Waals surface area (Å²) in [5.41, 5.74) is 0. The average Bonchev–Trinajstić information content (AvgIpc) is 3.14. The van der Waals surface area contributed by atoms with E-state index in [1.165, 1.54) is 89.9 Å². The summed E-state index contributed by atoms with van der Waals surface area (Å²) in [4.78, 5) is 12.9. The van der Waals surface area contributed by atoms with Crippen LogP contribution in [0.3, 0.4) is 0 Å². The second kappa shape index (κ2) is 33.9. The summed E-state index contributed by atoms with van der Waals surface area (Å²) < 4.78 is 11.2. The first-order chi connectivity index (χ1) is 25.3. The van der Waals surface area contributed by atoms with Gasteiger partial charge in [-0.15, -0.1) is 0 Å². The van der Waals surface area contributed by atoms with Gasteiger partial charge in [0.25, 0.3) is 0 Å². The Balaban J connectivity index is 2.43. The number of unbranched alkanes of at least 4 members (excludes halogenated alkanes) is 20. The molecule has 2 unspecified atom stereocenters. The number of amides is 1. The summed E-state index contributed by atoms with van der Waals surface area (Å²) in [5.74, 6) is -0.193. The first-order valence-electron chi connectivity index (χ1n) is 21.2. The lowest BCUT2D eigenvalue weighted by Crippen LogP contribution is -2.60. The fraction of sp³-hybridized carbons (Fsp3) is 0.837. The van der Waals surface area contributed by atoms with Crippen molar-refractivity contribution < 1.29 is 39.8 Å². The van der Waals surface area contributed by atoms with Crippen LogP contribution in [0.1, 0.15) is 174 Å². The second-order valence-electron chi connectivity index (χ2n) is 14.8. The first-order valence-corrected chi connectivity index (χ1v) is 21.2. The van der Waals surface area contributed by atoms with Crippen LogP contribution in [0, 0.1) is 0 Å². The summed E-state index contributed by atoms with van der Waals surface area (Å²) in [7, 11) is 0. The first kappa shape index (κ1) is 48.4. The van der Waals surface area contributed by atoms with Gasteiger partial charge in [-0.1, -0.05) is 153 Å². The smallest absolute Gasteiger partial charge is 0.220 e. The average molecular weight is 738 g/mol. The molecule has 0 aliphatic carbocycles. The van der Waals surface area contributed by atoms with Crippen molar-refractivity contribution in [3.05, 3.63) is 36.5 Å². The number of rotatable bonds is 34. The number of hydrogen-bond donors (Lipinski definition) is 6. The van der Waals surface area contributed by atoms with E-state index in [9.17, 15) is 30.3 Å². The molecule has 0 spiro atoms. The third-order valence-corrected chi connectivity index (χ3v) is 9.96. The number of hydrogen-bond acceptors (Lipinski definition) is 8. The summed E-state index contributed by atoms with van der Waals surface area (Å²) >= 11 is 0. The Bertz CT molecular complexity index is 910. The van der Waals surface area contributed by atoms with Gasteiger partial charge in [0.15, 0.2) is 6.29 Å². The standard InChI is InChI=1S/C43H79NO8/c1-3-5-7-9-11-13-15-17-19-21-23-25-27-29-31-33-39(47)44-36(35-51-43-42(50)41(49)40(48)38(34-45)52-43)37(46)32-30-28-26-24-22-20-18-16-14-12-10-8-6-4-2/h11,13,17,19,30,32,36-38,40-43,45-46,48-50H,3-10,12,14-16,18,20-29,31,33-35H2,1-2H3,(H,44,47)/b13-11+,19-17+,32-30+/t36-,37+,38-,40-,41?,42?,43-/m0/s1. The molecule has 1 amide bonds. The molecule has 1 rings (SSSR count). The number of nitrogens with one attached hydrogen (secondary N) is 1. The summed E-state index contributed by atoms with van der Waals surface area (Å²) in [5, 5.41) is 54.0. The van der Waals surface area contributed by atoms with Crippen molar-refractivity contribution in [2.45, 2.75) is 217 Å². The Morgan fingerprint density at radius 2 is 1.13 bits per heavy atom. The molecule has 1 heterocycles. The molecule has 0 bridgehead atoms. The van der Waals surface area contributed by atoms with E-state index in [-0.39, 0.29) is 12.5 Å². The molecule has 1 saturated heterocycles. The Morgan fingerprint density at radius 1 is 0.654 bits per heavy atom. The molecule has 1 fully saturated rings. The van der Waals surface area contributed by atoms with Crippen LogP contribution >= 0.6 is 0 Å². The third kappa shape index (κ3) is 24.7. The topological polar surface area (TPSA) is 149 Å². The minimum atomic E-state index is -1.57. The van der Waals surface area contributed by atoms with Crippen molar-refractivity contribution in [2.24, 2.45) is 0 Å². The zero-order valence-electron chi connectivity index (χ0n) is 33.1. The van der Waals surface area contributed by atoms with Crippen molar-refractivity contribution >= 4 is 5.91 Å². The number of allylic oxidation sites excluding steroid dienone is 5. The minimum Gasteiger partial charge on any atom is -0.394 e. The van der Waals surface area contributed by atoms with Crippen LogP contribution in [-0.4, -0.2) is 87.5 Å². The molecule has 0 radical (unpaired) electrons. The zero-order chi connectivity index (χ0) is 38.1. The fourth-order valence-corrected chi connectivity index (χ4v) is 6.48. The highest BCUT2D eigenvalue weighted by Crippen LogP contribution is 2.22. The van der Waals surface area contributed by atoms with Crippen molar-refractivity contribution in [2.75, 3.05) is 13.2 Å². The van der Waals surface area contributed by atoms with Crippen molar-refractivity contribution in [3.63, 3.8) is 0 Å². The zero-order valence-corrected chi connectivity index (χ0v) is 33.1. The van der Waals surface area contributed by atoms with E-state index >= 15 is 0 Å². The fourth-order valence-electron chi connectivity index (χ4n) is 6.48. The quantitative estimate of drug-likeness (QED) is 0.0287. The van der Waals surface area contributed by atoms with Gasteiger partial charge in [0, 0.05) is 6.42 Å². The molecule has 304 valence electrons. The molecular weight excluding hydrogens is 658 g/mol. The highest BCUT2D eigenvalue weighted by atomic mass is 16.7. The van der Waals surface area contributed by atoms with Crippen molar-refractivity contribution in [3.8, 4) is 0 Å². The summed E-state index contributed by atoms with van der Waals surface area (Å²) in [6.07, 6.45) is 33.2. The normalized spacial score (nSPS) is 22.2. The van der Waals surface area contributed by atoms with Crippen LogP contribution in [0.4, 0.5) is 0 Å². The van der Waals surface area contributed by atoms with E-state index in [1.54, 1.807) is 6.08 Å². The van der Waals surface area contributed by atoms with Gasteiger partial charge in [-0.05, 0) is 51.4 Å². The summed E-state index contributed by atoms with van der Waals surface area (Å²) in [6.45, 7) is 3.72. The monoisotopic (exact) mass is 738 g/mol. The van der Waals surface area contributed by atoms with Crippen molar-refractivity contribution in [1.29, 1.82) is 0 Å². The largest absolute Gasteiger partial charge is 0.394 e. The Morgan fingerprint density at radius 3 is 1.69 bits per heavy atom. The minimum absolute atomic E-state index is 0.193. The maximum Gasteiger partial charge on any atom is 0.220 e. The lowest BCUT2D eigenvalue weighted by atomic mass is 9.99. The van der Waals surface area contributed by atoms with Crippen LogP contribution in [0.15, 0.2) is 36.5 Å². The molecule has 0 aromatic heterocycles. The van der Waals surface area contributed by atoms with Crippen LogP contribution in [-0.2, 0) is 14.3 Å². The van der Waals surface area contributed by atoms with Gasteiger partial charge in [-0.25, -0.2) is 0 Å². The Kier molecular flexibility index (Phi) is 31.6. The number of aliphatic hydroxyl groups is 5. The van der Waals surface area contributed by atoms with Gasteiger partial charge in [0.1, 0.15) is 24.4 Å². The number of aliphatic hydroxyl groups excluding tert-OH is 5. The van der Waals surface area contributed by atoms with Crippen LogP contribution in [0.5, 0.6) is 0 Å². The van der Waals surface area contributed by atoms with Gasteiger partial charge in [-0.3, -0.25) is 4.79 Å².